The number of nitrogens with zero attached hydrogens (tertiary/aromatic N) is 4. The molecule has 32 heavy (non-hydrogen) atoms. The zero-order chi connectivity index (χ0) is 23.3. The average Bonchev–Trinajstić information content (AvgIpc) is 3.37. The molecule has 0 saturated heterocycles. The zero-order valence-corrected chi connectivity index (χ0v) is 19.7. The summed E-state index contributed by atoms with van der Waals surface area (Å²) in [4.78, 5) is 11.5. The van der Waals surface area contributed by atoms with Crippen LogP contribution in [0.2, 0.25) is 0 Å². The van der Waals surface area contributed by atoms with Crippen LogP contribution in [0.5, 0.6) is 0 Å². The zero-order valence-electron chi connectivity index (χ0n) is 17.3. The van der Waals surface area contributed by atoms with E-state index in [9.17, 15) is 13.2 Å². The van der Waals surface area contributed by atoms with Gasteiger partial charge in [-0.25, -0.2) is 17.2 Å². The molecule has 0 aliphatic heterocycles. The van der Waals surface area contributed by atoms with Crippen LogP contribution in [-0.2, 0) is 21.3 Å². The van der Waals surface area contributed by atoms with Crippen molar-refractivity contribution in [2.75, 3.05) is 12.8 Å². The van der Waals surface area contributed by atoms with Crippen molar-refractivity contribution in [1.29, 1.82) is 0 Å². The Bertz CT molecular complexity index is 1230. The normalized spacial score (nSPS) is 12.1. The maximum Gasteiger partial charge on any atom is 0.360 e. The molecule has 0 fully saturated rings. The number of esters is 1. The third-order valence-corrected chi connectivity index (χ3v) is 6.99. The summed E-state index contributed by atoms with van der Waals surface area (Å²) < 4.78 is 33.5. The smallest absolute Gasteiger partial charge is 0.360 e. The van der Waals surface area contributed by atoms with Crippen molar-refractivity contribution < 1.29 is 17.9 Å². The molecule has 12 heteroatoms. The second kappa shape index (κ2) is 10.0. The van der Waals surface area contributed by atoms with Crippen LogP contribution in [0.3, 0.4) is 0 Å². The lowest BCUT2D eigenvalue weighted by atomic mass is 10.1. The minimum absolute atomic E-state index is 0.0710. The number of hydrogen-bond donors (Lipinski definition) is 2. The highest BCUT2D eigenvalue weighted by Gasteiger charge is 2.22. The molecular formula is C20H23BrN6O4S. The molecule has 1 aromatic carbocycles. The fourth-order valence-electron chi connectivity index (χ4n) is 3.00. The van der Waals surface area contributed by atoms with Crippen molar-refractivity contribution >= 4 is 43.8 Å². The maximum atomic E-state index is 12.9. The lowest BCUT2D eigenvalue weighted by molar-refractivity contribution is 0.0594. The van der Waals surface area contributed by atoms with Crippen molar-refractivity contribution in [1.82, 2.24) is 19.0 Å². The van der Waals surface area contributed by atoms with Crippen LogP contribution in [-0.4, -0.2) is 40.5 Å². The quantitative estimate of drug-likeness (QED) is 0.321. The van der Waals surface area contributed by atoms with Crippen molar-refractivity contribution in [3.63, 3.8) is 0 Å². The number of carbonyl (C=O) groups excluding carboxylic acids is 1. The van der Waals surface area contributed by atoms with E-state index in [1.54, 1.807) is 29.0 Å². The minimum atomic E-state index is -3.82. The Morgan fingerprint density at radius 1 is 1.22 bits per heavy atom. The highest BCUT2D eigenvalue weighted by Crippen LogP contribution is 2.31. The fraction of sp³-hybridized carbons (Fsp3) is 0.250. The molecule has 3 aromatic rings. The SMILES string of the molecule is COC(=O)c1cn(CCCC/C(N)=C/c2c(Br)cn(S(=O)(=O)c3ccccc3)c2N)nn1. The van der Waals surface area contributed by atoms with Crippen LogP contribution in [0, 0.1) is 0 Å². The summed E-state index contributed by atoms with van der Waals surface area (Å²) in [5.74, 6) is -0.463. The van der Waals surface area contributed by atoms with Gasteiger partial charge in [-0.2, -0.15) is 0 Å². The third kappa shape index (κ3) is 5.19. The molecule has 0 unspecified atom stereocenters. The standard InChI is InChI=1S/C20H23BrN6O4S/c1-31-20(28)18-13-26(25-24-18)10-6-5-7-14(22)11-16-17(21)12-27(19(16)23)32(29,30)15-8-3-2-4-9-15/h2-4,8-9,11-13H,5-7,10,22-23H2,1H3/b14-11-. The van der Waals surface area contributed by atoms with Crippen LogP contribution in [0.1, 0.15) is 35.3 Å². The summed E-state index contributed by atoms with van der Waals surface area (Å²) in [7, 11) is -2.54. The molecule has 2 aromatic heterocycles. The van der Waals surface area contributed by atoms with E-state index in [1.165, 1.54) is 31.6 Å². The number of nitrogens with two attached hydrogens (primary N) is 2. The molecule has 0 radical (unpaired) electrons. The molecule has 170 valence electrons. The van der Waals surface area contributed by atoms with Gasteiger partial charge in [0.05, 0.1) is 18.2 Å². The first-order chi connectivity index (χ1) is 15.2. The number of carbonyl (C=O) groups is 1. The summed E-state index contributed by atoms with van der Waals surface area (Å²) in [6.07, 6.45) is 6.68. The second-order valence-electron chi connectivity index (χ2n) is 6.92. The Balaban J connectivity index is 1.64. The Labute approximate surface area is 194 Å². The molecule has 0 aliphatic carbocycles. The van der Waals surface area contributed by atoms with Gasteiger partial charge >= 0.3 is 5.97 Å². The lowest BCUT2D eigenvalue weighted by Gasteiger charge is -2.08. The van der Waals surface area contributed by atoms with Crippen molar-refractivity contribution in [3.8, 4) is 0 Å². The first-order valence-corrected chi connectivity index (χ1v) is 11.9. The van der Waals surface area contributed by atoms with Gasteiger partial charge in [-0.1, -0.05) is 23.4 Å². The van der Waals surface area contributed by atoms with Gasteiger partial charge in [0, 0.05) is 28.5 Å². The van der Waals surface area contributed by atoms with Gasteiger partial charge in [0.1, 0.15) is 5.82 Å². The first-order valence-electron chi connectivity index (χ1n) is 9.65. The molecule has 0 aliphatic rings. The van der Waals surface area contributed by atoms with Crippen molar-refractivity contribution in [2.45, 2.75) is 30.7 Å². The lowest BCUT2D eigenvalue weighted by Crippen LogP contribution is -2.14. The molecule has 4 N–H and O–H groups in total. The summed E-state index contributed by atoms with van der Waals surface area (Å²) in [5, 5.41) is 7.63. The van der Waals surface area contributed by atoms with Crippen LogP contribution in [0.4, 0.5) is 5.82 Å². The van der Waals surface area contributed by atoms with Crippen LogP contribution < -0.4 is 11.5 Å². The van der Waals surface area contributed by atoms with Crippen LogP contribution in [0.25, 0.3) is 6.08 Å². The number of nitrogen functional groups attached to an aromatic ring is 1. The third-order valence-electron chi connectivity index (χ3n) is 4.67. The highest BCUT2D eigenvalue weighted by molar-refractivity contribution is 9.10. The summed E-state index contributed by atoms with van der Waals surface area (Å²) in [5.41, 5.74) is 13.5. The number of benzene rings is 1. The molecule has 0 spiro atoms. The van der Waals surface area contributed by atoms with Gasteiger partial charge in [-0.3, -0.25) is 4.68 Å². The van der Waals surface area contributed by atoms with Gasteiger partial charge in [-0.15, -0.1) is 5.10 Å². The van der Waals surface area contributed by atoms with Crippen molar-refractivity contribution in [3.05, 3.63) is 64.2 Å². The number of halogens is 1. The Hall–Kier alpha value is -3.12. The summed E-state index contributed by atoms with van der Waals surface area (Å²) in [6.45, 7) is 0.564. The molecule has 2 heterocycles. The largest absolute Gasteiger partial charge is 0.464 e. The van der Waals surface area contributed by atoms with E-state index in [1.807, 2.05) is 0 Å². The number of aromatic nitrogens is 4. The fourth-order valence-corrected chi connectivity index (χ4v) is 4.98. The predicted molar refractivity (Wildman–Crippen MR) is 123 cm³/mol. The van der Waals surface area contributed by atoms with Crippen molar-refractivity contribution in [2.24, 2.45) is 5.73 Å². The number of aryl methyl sites for hydroxylation is 1. The summed E-state index contributed by atoms with van der Waals surface area (Å²) >= 11 is 3.37. The second-order valence-corrected chi connectivity index (χ2v) is 9.59. The van der Waals surface area contributed by atoms with E-state index in [0.29, 0.717) is 28.7 Å². The molecule has 0 amide bonds. The number of anilines is 1. The number of rotatable bonds is 9. The Morgan fingerprint density at radius 2 is 1.94 bits per heavy atom. The molecule has 0 atom stereocenters. The molecule has 3 rings (SSSR count). The highest BCUT2D eigenvalue weighted by atomic mass is 79.9. The number of methoxy groups -OCH3 is 1. The van der Waals surface area contributed by atoms with Crippen LogP contribution >= 0.6 is 15.9 Å². The molecule has 0 bridgehead atoms. The van der Waals surface area contributed by atoms with Gasteiger partial charge < -0.3 is 16.2 Å². The van der Waals surface area contributed by atoms with E-state index in [0.717, 1.165) is 16.8 Å². The minimum Gasteiger partial charge on any atom is -0.464 e. The van der Waals surface area contributed by atoms with Gasteiger partial charge in [0.15, 0.2) is 5.69 Å². The Kier molecular flexibility index (Phi) is 7.36. The molecular weight excluding hydrogens is 500 g/mol. The van der Waals surface area contributed by atoms with E-state index >= 15 is 0 Å². The maximum absolute atomic E-state index is 12.9. The van der Waals surface area contributed by atoms with Gasteiger partial charge in [0.2, 0.25) is 0 Å². The van der Waals surface area contributed by atoms with Gasteiger partial charge in [0.25, 0.3) is 10.0 Å². The number of hydrogen-bond acceptors (Lipinski definition) is 8. The number of unbranched alkanes of at least 4 members (excludes halogenated alkanes) is 1. The number of ether oxygens (including phenoxy) is 1. The number of allylic oxidation sites excluding steroid dienone is 1. The van der Waals surface area contributed by atoms with E-state index in [-0.39, 0.29) is 16.4 Å². The Morgan fingerprint density at radius 3 is 2.62 bits per heavy atom. The summed E-state index contributed by atoms with van der Waals surface area (Å²) in [6, 6.07) is 8.06. The monoisotopic (exact) mass is 522 g/mol. The molecule has 0 saturated carbocycles. The van der Waals surface area contributed by atoms with Gasteiger partial charge in [-0.05, 0) is 53.4 Å². The topological polar surface area (TPSA) is 148 Å². The predicted octanol–water partition coefficient (Wildman–Crippen LogP) is 2.62. The van der Waals surface area contributed by atoms with E-state index in [4.69, 9.17) is 11.5 Å². The van der Waals surface area contributed by atoms with Crippen LogP contribution in [0.15, 0.2) is 57.8 Å². The van der Waals surface area contributed by atoms with E-state index in [2.05, 4.69) is 31.0 Å². The molecule has 10 nitrogen and oxygen atoms in total. The van der Waals surface area contributed by atoms with E-state index < -0.39 is 16.0 Å². The average molecular weight is 523 g/mol. The first kappa shape index (κ1) is 23.5.